The molecule has 6 heteroatoms. The van der Waals surface area contributed by atoms with Crippen LogP contribution in [0.1, 0.15) is 28.8 Å². The molecule has 1 N–H and O–H groups in total. The van der Waals surface area contributed by atoms with Crippen molar-refractivity contribution >= 4 is 17.8 Å². The average Bonchev–Trinajstić information content (AvgIpc) is 2.94. The molecule has 4 rings (SSSR count). The normalized spacial score (nSPS) is 19.3. The molecule has 0 aliphatic carbocycles. The van der Waals surface area contributed by atoms with Crippen molar-refractivity contribution in [1.29, 1.82) is 5.41 Å². The fourth-order valence-electron chi connectivity index (χ4n) is 3.70. The van der Waals surface area contributed by atoms with Crippen LogP contribution >= 0.6 is 0 Å². The third-order valence-corrected chi connectivity index (χ3v) is 5.26. The van der Waals surface area contributed by atoms with Crippen molar-refractivity contribution in [1.82, 2.24) is 9.80 Å². The molecule has 0 unspecified atom stereocenters. The van der Waals surface area contributed by atoms with Crippen LogP contribution in [0.5, 0.6) is 0 Å². The van der Waals surface area contributed by atoms with Gasteiger partial charge in [-0.05, 0) is 17.7 Å². The zero-order valence-corrected chi connectivity index (χ0v) is 14.9. The van der Waals surface area contributed by atoms with Gasteiger partial charge in [-0.2, -0.15) is 4.90 Å². The van der Waals surface area contributed by atoms with E-state index < -0.39 is 17.6 Å². The maximum Gasteiger partial charge on any atom is 0.423 e. The lowest BCUT2D eigenvalue weighted by Crippen LogP contribution is -2.50. The number of piperidine rings is 1. The van der Waals surface area contributed by atoms with E-state index in [-0.39, 0.29) is 5.84 Å². The van der Waals surface area contributed by atoms with E-state index in [0.717, 1.165) is 11.4 Å². The van der Waals surface area contributed by atoms with Crippen LogP contribution in [0, 0.1) is 5.41 Å². The van der Waals surface area contributed by atoms with E-state index in [1.165, 1.54) is 5.56 Å². The molecule has 2 amide bonds. The van der Waals surface area contributed by atoms with Gasteiger partial charge < -0.3 is 4.74 Å². The lowest BCUT2D eigenvalue weighted by atomic mass is 9.89. The quantitative estimate of drug-likeness (QED) is 0.908. The minimum absolute atomic E-state index is 0.0410. The molecule has 138 valence electrons. The van der Waals surface area contributed by atoms with Gasteiger partial charge in [-0.3, -0.25) is 15.1 Å². The Morgan fingerprint density at radius 1 is 1.00 bits per heavy atom. The Balaban J connectivity index is 1.45. The number of ether oxygens (including phenoxy) is 1. The number of imide groups is 1. The number of carbonyl (C=O) groups is 2. The summed E-state index contributed by atoms with van der Waals surface area (Å²) in [7, 11) is 0. The lowest BCUT2D eigenvalue weighted by molar-refractivity contribution is 0.0254. The van der Waals surface area contributed by atoms with Crippen LogP contribution < -0.4 is 0 Å². The van der Waals surface area contributed by atoms with Crippen LogP contribution in [-0.2, 0) is 11.3 Å². The Morgan fingerprint density at radius 3 is 2.22 bits per heavy atom. The summed E-state index contributed by atoms with van der Waals surface area (Å²) in [4.78, 5) is 28.2. The number of hydrogen-bond acceptors (Lipinski definition) is 5. The largest absolute Gasteiger partial charge is 0.434 e. The molecule has 2 aliphatic rings. The number of nitrogens with zero attached hydrogens (tertiary/aromatic N) is 2. The summed E-state index contributed by atoms with van der Waals surface area (Å²) >= 11 is 0. The number of carbonyl (C=O) groups excluding carboxylic acids is 2. The second kappa shape index (κ2) is 6.96. The Morgan fingerprint density at radius 2 is 1.59 bits per heavy atom. The molecule has 1 spiro atoms. The number of amidine groups is 1. The van der Waals surface area contributed by atoms with Gasteiger partial charge >= 0.3 is 6.09 Å². The molecule has 0 saturated carbocycles. The Kier molecular flexibility index (Phi) is 4.49. The monoisotopic (exact) mass is 363 g/mol. The summed E-state index contributed by atoms with van der Waals surface area (Å²) in [5, 5.41) is 8.49. The van der Waals surface area contributed by atoms with Crippen molar-refractivity contribution in [2.45, 2.75) is 25.0 Å². The molecule has 2 fully saturated rings. The van der Waals surface area contributed by atoms with E-state index in [0.29, 0.717) is 31.5 Å². The van der Waals surface area contributed by atoms with Gasteiger partial charge in [0.05, 0.1) is 0 Å². The number of amides is 2. The number of rotatable bonds is 3. The standard InChI is InChI=1S/C21H21N3O3/c22-19-21(11-13-23(14-12-21)15-16-7-3-1-4-8-16)27-20(26)24(19)18(25)17-9-5-2-6-10-17/h1-10,22H,11-15H2. The first-order valence-corrected chi connectivity index (χ1v) is 9.07. The average molecular weight is 363 g/mol. The minimum atomic E-state index is -0.991. The van der Waals surface area contributed by atoms with E-state index in [1.54, 1.807) is 30.3 Å². The van der Waals surface area contributed by atoms with E-state index in [2.05, 4.69) is 17.0 Å². The van der Waals surface area contributed by atoms with Crippen molar-refractivity contribution in [2.75, 3.05) is 13.1 Å². The summed E-state index contributed by atoms with van der Waals surface area (Å²) in [6.45, 7) is 2.24. The van der Waals surface area contributed by atoms with Crippen LogP contribution in [0.25, 0.3) is 0 Å². The predicted molar refractivity (Wildman–Crippen MR) is 101 cm³/mol. The molecule has 0 bridgehead atoms. The summed E-state index contributed by atoms with van der Waals surface area (Å²) in [6, 6.07) is 18.7. The van der Waals surface area contributed by atoms with E-state index in [4.69, 9.17) is 10.1 Å². The molecule has 0 radical (unpaired) electrons. The number of benzene rings is 2. The van der Waals surface area contributed by atoms with Gasteiger partial charge in [0.25, 0.3) is 5.91 Å². The van der Waals surface area contributed by atoms with Gasteiger partial charge in [0, 0.05) is 38.0 Å². The summed E-state index contributed by atoms with van der Waals surface area (Å²) in [6.07, 6.45) is 0.289. The highest BCUT2D eigenvalue weighted by atomic mass is 16.6. The number of nitrogens with one attached hydrogen (secondary N) is 1. The molecule has 2 saturated heterocycles. The number of likely N-dealkylation sites (tertiary alicyclic amines) is 1. The van der Waals surface area contributed by atoms with Gasteiger partial charge in [0.1, 0.15) is 0 Å². The maximum absolute atomic E-state index is 12.7. The Labute approximate surface area is 157 Å². The van der Waals surface area contributed by atoms with Gasteiger partial charge in [-0.25, -0.2) is 4.79 Å². The molecular formula is C21H21N3O3. The van der Waals surface area contributed by atoms with Crippen molar-refractivity contribution in [2.24, 2.45) is 0 Å². The first-order valence-electron chi connectivity index (χ1n) is 9.07. The number of hydrogen-bond donors (Lipinski definition) is 1. The van der Waals surface area contributed by atoms with Crippen molar-refractivity contribution in [3.05, 3.63) is 71.8 Å². The van der Waals surface area contributed by atoms with Gasteiger partial charge in [0.15, 0.2) is 11.4 Å². The molecule has 2 heterocycles. The molecule has 27 heavy (non-hydrogen) atoms. The van der Waals surface area contributed by atoms with Crippen molar-refractivity contribution in [3.63, 3.8) is 0 Å². The Hall–Kier alpha value is -2.99. The molecule has 0 atom stereocenters. The molecule has 0 aromatic heterocycles. The van der Waals surface area contributed by atoms with E-state index >= 15 is 0 Å². The van der Waals surface area contributed by atoms with Gasteiger partial charge in [-0.15, -0.1) is 0 Å². The molecule has 2 aromatic carbocycles. The summed E-state index contributed by atoms with van der Waals surface area (Å²) in [5.74, 6) is -0.546. The third kappa shape index (κ3) is 3.24. The van der Waals surface area contributed by atoms with E-state index in [9.17, 15) is 9.59 Å². The highest BCUT2D eigenvalue weighted by Crippen LogP contribution is 2.35. The van der Waals surface area contributed by atoms with Gasteiger partial charge in [0.2, 0.25) is 0 Å². The molecular weight excluding hydrogens is 342 g/mol. The molecule has 2 aromatic rings. The maximum atomic E-state index is 12.7. The fourth-order valence-corrected chi connectivity index (χ4v) is 3.70. The van der Waals surface area contributed by atoms with Crippen LogP contribution in [0.4, 0.5) is 4.79 Å². The third-order valence-electron chi connectivity index (χ3n) is 5.26. The van der Waals surface area contributed by atoms with Crippen LogP contribution in [0.15, 0.2) is 60.7 Å². The van der Waals surface area contributed by atoms with Crippen LogP contribution in [-0.4, -0.2) is 46.3 Å². The minimum Gasteiger partial charge on any atom is -0.434 e. The zero-order valence-electron chi connectivity index (χ0n) is 14.9. The summed E-state index contributed by atoms with van der Waals surface area (Å²) in [5.41, 5.74) is 0.611. The SMILES string of the molecule is N=C1N(C(=O)c2ccccc2)C(=O)OC12CCN(Cc1ccccc1)CC2. The molecule has 6 nitrogen and oxygen atoms in total. The van der Waals surface area contributed by atoms with Crippen LogP contribution in [0.2, 0.25) is 0 Å². The summed E-state index contributed by atoms with van der Waals surface area (Å²) < 4.78 is 5.57. The first kappa shape index (κ1) is 17.4. The van der Waals surface area contributed by atoms with Crippen molar-refractivity contribution in [3.8, 4) is 0 Å². The first-order chi connectivity index (χ1) is 13.1. The topological polar surface area (TPSA) is 73.7 Å². The highest BCUT2D eigenvalue weighted by Gasteiger charge is 2.54. The lowest BCUT2D eigenvalue weighted by Gasteiger charge is -2.37. The fraction of sp³-hybridized carbons (Fsp3) is 0.286. The van der Waals surface area contributed by atoms with Crippen molar-refractivity contribution < 1.29 is 14.3 Å². The molecule has 2 aliphatic heterocycles. The predicted octanol–water partition coefficient (Wildman–Crippen LogP) is 3.29. The Bertz CT molecular complexity index is 859. The van der Waals surface area contributed by atoms with E-state index in [1.807, 2.05) is 18.2 Å². The smallest absolute Gasteiger partial charge is 0.423 e. The van der Waals surface area contributed by atoms with Gasteiger partial charge in [-0.1, -0.05) is 48.5 Å². The second-order valence-corrected chi connectivity index (χ2v) is 6.98. The highest BCUT2D eigenvalue weighted by molar-refractivity contribution is 6.20. The second-order valence-electron chi connectivity index (χ2n) is 6.98. The zero-order chi connectivity index (χ0) is 18.9. The van der Waals surface area contributed by atoms with Crippen LogP contribution in [0.3, 0.4) is 0 Å².